The summed E-state index contributed by atoms with van der Waals surface area (Å²) in [7, 11) is 2.10. The molecule has 0 unspecified atom stereocenters. The number of anilines is 2. The smallest absolute Gasteiger partial charge is 0.338 e. The van der Waals surface area contributed by atoms with E-state index in [0.717, 1.165) is 32.7 Å². The predicted octanol–water partition coefficient (Wildman–Crippen LogP) is 3.10. The predicted molar refractivity (Wildman–Crippen MR) is 152 cm³/mol. The van der Waals surface area contributed by atoms with Crippen LogP contribution in [-0.4, -0.2) is 96.6 Å². The third kappa shape index (κ3) is 6.68. The second kappa shape index (κ2) is 12.7. The van der Waals surface area contributed by atoms with E-state index in [9.17, 15) is 14.4 Å². The Morgan fingerprint density at radius 1 is 1.03 bits per heavy atom. The molecule has 2 aliphatic heterocycles. The first-order valence-corrected chi connectivity index (χ1v) is 13.4. The maximum atomic E-state index is 13.7. The summed E-state index contributed by atoms with van der Waals surface area (Å²) in [6, 6.07) is 12.6. The molecule has 2 amide bonds. The highest BCUT2D eigenvalue weighted by molar-refractivity contribution is 7.80. The number of benzene rings is 2. The highest BCUT2D eigenvalue weighted by Gasteiger charge is 2.44. The van der Waals surface area contributed by atoms with Crippen molar-refractivity contribution in [2.75, 3.05) is 63.1 Å². The first kappa shape index (κ1) is 28.0. The molecule has 1 N–H and O–H groups in total. The van der Waals surface area contributed by atoms with Crippen LogP contribution in [0.1, 0.15) is 23.7 Å². The summed E-state index contributed by atoms with van der Waals surface area (Å²) in [5, 5.41) is 3.76. The van der Waals surface area contributed by atoms with Crippen molar-refractivity contribution in [2.24, 2.45) is 0 Å². The van der Waals surface area contributed by atoms with Crippen LogP contribution in [0.15, 0.2) is 48.5 Å². The van der Waals surface area contributed by atoms with Gasteiger partial charge in [0.25, 0.3) is 5.91 Å². The number of piperazine rings is 1. The van der Waals surface area contributed by atoms with E-state index in [-0.39, 0.29) is 24.8 Å². The Hall–Kier alpha value is -3.05. The molecule has 1 atom stereocenters. The number of thiocarbonyl (C=S) groups is 1. The van der Waals surface area contributed by atoms with Crippen LogP contribution < -0.4 is 10.2 Å². The summed E-state index contributed by atoms with van der Waals surface area (Å²) in [5.41, 5.74) is 1.53. The van der Waals surface area contributed by atoms with E-state index < -0.39 is 12.0 Å². The summed E-state index contributed by atoms with van der Waals surface area (Å²) in [4.78, 5) is 46.6. The fourth-order valence-electron chi connectivity index (χ4n) is 4.53. The minimum absolute atomic E-state index is 0.0538. The van der Waals surface area contributed by atoms with Crippen LogP contribution >= 0.6 is 23.8 Å². The number of rotatable bonds is 9. The molecule has 0 radical (unpaired) electrons. The van der Waals surface area contributed by atoms with Crippen molar-refractivity contribution in [1.29, 1.82) is 0 Å². The summed E-state index contributed by atoms with van der Waals surface area (Å²) in [6.07, 6.45) is -0.0538. The van der Waals surface area contributed by atoms with Gasteiger partial charge in [-0.15, -0.1) is 0 Å². The van der Waals surface area contributed by atoms with Gasteiger partial charge in [-0.3, -0.25) is 19.4 Å². The third-order valence-electron chi connectivity index (χ3n) is 6.72. The second-order valence-corrected chi connectivity index (χ2v) is 10.1. The van der Waals surface area contributed by atoms with Gasteiger partial charge in [0.1, 0.15) is 6.04 Å². The molecule has 2 aromatic carbocycles. The molecule has 11 heteroatoms. The summed E-state index contributed by atoms with van der Waals surface area (Å²) in [6.45, 7) is 7.10. The number of esters is 1. The Bertz CT molecular complexity index is 1170. The molecule has 202 valence electrons. The van der Waals surface area contributed by atoms with Gasteiger partial charge in [-0.1, -0.05) is 11.6 Å². The van der Waals surface area contributed by atoms with E-state index in [1.165, 1.54) is 4.90 Å². The molecule has 38 heavy (non-hydrogen) atoms. The van der Waals surface area contributed by atoms with Gasteiger partial charge in [0, 0.05) is 50.0 Å². The fraction of sp³-hybridized carbons (Fsp3) is 0.407. The Kier molecular flexibility index (Phi) is 9.32. The second-order valence-electron chi connectivity index (χ2n) is 9.34. The van der Waals surface area contributed by atoms with Gasteiger partial charge in [0.2, 0.25) is 5.91 Å². The molecule has 0 bridgehead atoms. The first-order chi connectivity index (χ1) is 18.3. The van der Waals surface area contributed by atoms with Crippen LogP contribution in [0, 0.1) is 0 Å². The molecule has 0 aromatic heterocycles. The van der Waals surface area contributed by atoms with Crippen LogP contribution in [0.5, 0.6) is 0 Å². The van der Waals surface area contributed by atoms with Crippen molar-refractivity contribution >= 4 is 58.1 Å². The lowest BCUT2D eigenvalue weighted by atomic mass is 10.1. The molecule has 0 aliphatic carbocycles. The summed E-state index contributed by atoms with van der Waals surface area (Å²) < 4.78 is 5.05. The van der Waals surface area contributed by atoms with E-state index in [2.05, 4.69) is 22.2 Å². The van der Waals surface area contributed by atoms with Gasteiger partial charge in [-0.2, -0.15) is 0 Å². The number of amides is 2. The van der Waals surface area contributed by atoms with Crippen molar-refractivity contribution in [1.82, 2.24) is 14.7 Å². The number of carbonyl (C=O) groups is 3. The monoisotopic (exact) mass is 557 g/mol. The van der Waals surface area contributed by atoms with Gasteiger partial charge in [-0.05, 0) is 74.7 Å². The number of halogens is 1. The molecule has 2 heterocycles. The van der Waals surface area contributed by atoms with Crippen molar-refractivity contribution in [3.05, 3.63) is 59.1 Å². The topological polar surface area (TPSA) is 85.4 Å². The summed E-state index contributed by atoms with van der Waals surface area (Å²) >= 11 is 11.7. The molecule has 2 fully saturated rings. The van der Waals surface area contributed by atoms with Gasteiger partial charge >= 0.3 is 5.97 Å². The van der Waals surface area contributed by atoms with E-state index in [4.69, 9.17) is 28.6 Å². The number of hydrogen-bond acceptors (Lipinski definition) is 7. The van der Waals surface area contributed by atoms with Crippen LogP contribution in [0.4, 0.5) is 11.4 Å². The van der Waals surface area contributed by atoms with Crippen LogP contribution in [-0.2, 0) is 14.3 Å². The van der Waals surface area contributed by atoms with Gasteiger partial charge < -0.3 is 19.9 Å². The SMILES string of the molecule is CCOC(=O)c1ccc(N2C(=O)[C@H](CC(=O)Nc3ccc(Cl)cc3)N(CCN3CCN(C)CC3)C2=S)cc1. The number of nitrogens with zero attached hydrogens (tertiary/aromatic N) is 4. The molecule has 2 aliphatic rings. The number of hydrogen-bond donors (Lipinski definition) is 1. The molecular formula is C27H32ClN5O4S. The maximum Gasteiger partial charge on any atom is 0.338 e. The largest absolute Gasteiger partial charge is 0.462 e. The first-order valence-electron chi connectivity index (χ1n) is 12.6. The molecule has 2 aromatic rings. The zero-order chi connectivity index (χ0) is 27.2. The minimum Gasteiger partial charge on any atom is -0.462 e. The van der Waals surface area contributed by atoms with Gasteiger partial charge in [0.15, 0.2) is 5.11 Å². The third-order valence-corrected chi connectivity index (χ3v) is 7.38. The molecular weight excluding hydrogens is 526 g/mol. The van der Waals surface area contributed by atoms with Crippen molar-refractivity contribution in [3.63, 3.8) is 0 Å². The molecule has 0 spiro atoms. The fourth-order valence-corrected chi connectivity index (χ4v) is 5.07. The Morgan fingerprint density at radius 2 is 1.68 bits per heavy atom. The van der Waals surface area contributed by atoms with Crippen LogP contribution in [0.3, 0.4) is 0 Å². The normalized spacial score (nSPS) is 18.7. The summed E-state index contributed by atoms with van der Waals surface area (Å²) in [5.74, 6) is -0.999. The Labute approximate surface area is 233 Å². The highest BCUT2D eigenvalue weighted by Crippen LogP contribution is 2.28. The number of carbonyl (C=O) groups excluding carboxylic acids is 3. The Balaban J connectivity index is 1.51. The minimum atomic E-state index is -0.744. The van der Waals surface area contributed by atoms with E-state index in [1.54, 1.807) is 55.5 Å². The van der Waals surface area contributed by atoms with E-state index in [1.807, 2.05) is 4.90 Å². The quantitative estimate of drug-likeness (QED) is 0.372. The van der Waals surface area contributed by atoms with E-state index >= 15 is 0 Å². The molecule has 0 saturated carbocycles. The zero-order valence-corrected chi connectivity index (χ0v) is 23.1. The number of ether oxygens (including phenoxy) is 1. The zero-order valence-electron chi connectivity index (χ0n) is 21.6. The lowest BCUT2D eigenvalue weighted by Crippen LogP contribution is -2.48. The maximum absolute atomic E-state index is 13.7. The standard InChI is InChI=1S/C27H32ClN5O4S/c1-3-37-26(36)19-4-10-22(11-5-19)33-25(35)23(18-24(34)29-21-8-6-20(28)7-9-21)32(27(33)38)17-16-31-14-12-30(2)13-15-31/h4-11,23H,3,12-18H2,1-2H3,(H,29,34)/t23-/m0/s1. The number of nitrogens with one attached hydrogen (secondary N) is 1. The molecule has 4 rings (SSSR count). The van der Waals surface area contributed by atoms with Crippen LogP contribution in [0.2, 0.25) is 5.02 Å². The average Bonchev–Trinajstić information content (AvgIpc) is 3.13. The van der Waals surface area contributed by atoms with Gasteiger partial charge in [0.05, 0.1) is 24.3 Å². The number of likely N-dealkylation sites (N-methyl/N-ethyl adjacent to an activating group) is 1. The van der Waals surface area contributed by atoms with Crippen molar-refractivity contribution in [2.45, 2.75) is 19.4 Å². The molecule has 2 saturated heterocycles. The average molecular weight is 558 g/mol. The van der Waals surface area contributed by atoms with Crippen molar-refractivity contribution in [3.8, 4) is 0 Å². The lowest BCUT2D eigenvalue weighted by Gasteiger charge is -2.34. The van der Waals surface area contributed by atoms with Crippen LogP contribution in [0.25, 0.3) is 0 Å². The molecule has 9 nitrogen and oxygen atoms in total. The highest BCUT2D eigenvalue weighted by atomic mass is 35.5. The van der Waals surface area contributed by atoms with Crippen molar-refractivity contribution < 1.29 is 19.1 Å². The lowest BCUT2D eigenvalue weighted by molar-refractivity contribution is -0.124. The van der Waals surface area contributed by atoms with E-state index in [0.29, 0.717) is 33.6 Å². The van der Waals surface area contributed by atoms with Gasteiger partial charge in [-0.25, -0.2) is 4.79 Å². The Morgan fingerprint density at radius 3 is 2.32 bits per heavy atom.